The second-order valence-electron chi connectivity index (χ2n) is 3.90. The van der Waals surface area contributed by atoms with Crippen LogP contribution in [0.2, 0.25) is 6.82 Å². The SMILES string of the molecule is C=Nc1ccc2c(c1)CCCN2B(C)O. The maximum atomic E-state index is 9.64. The van der Waals surface area contributed by atoms with Crippen molar-refractivity contribution >= 4 is 25.1 Å². The van der Waals surface area contributed by atoms with Gasteiger partial charge in [0, 0.05) is 12.2 Å². The Morgan fingerprint density at radius 2 is 2.33 bits per heavy atom. The van der Waals surface area contributed by atoms with E-state index in [-0.39, 0.29) is 0 Å². The molecule has 78 valence electrons. The number of nitrogens with zero attached hydrogens (tertiary/aromatic N) is 2. The van der Waals surface area contributed by atoms with Crippen molar-refractivity contribution in [3.8, 4) is 0 Å². The number of hydrogen-bond donors (Lipinski definition) is 1. The van der Waals surface area contributed by atoms with Gasteiger partial charge in [-0.05, 0) is 50.1 Å². The van der Waals surface area contributed by atoms with Gasteiger partial charge >= 0.3 is 7.05 Å². The molecule has 3 nitrogen and oxygen atoms in total. The molecule has 2 rings (SSSR count). The molecule has 0 unspecified atom stereocenters. The summed E-state index contributed by atoms with van der Waals surface area (Å²) in [6.07, 6.45) is 2.14. The van der Waals surface area contributed by atoms with Crippen LogP contribution < -0.4 is 4.81 Å². The molecule has 1 aliphatic rings. The number of rotatable bonds is 2. The van der Waals surface area contributed by atoms with E-state index < -0.39 is 7.05 Å². The zero-order chi connectivity index (χ0) is 10.8. The van der Waals surface area contributed by atoms with Gasteiger partial charge in [0.15, 0.2) is 0 Å². The predicted octanol–water partition coefficient (Wildman–Crippen LogP) is 1.88. The van der Waals surface area contributed by atoms with E-state index >= 15 is 0 Å². The quantitative estimate of drug-likeness (QED) is 0.587. The molecule has 0 aromatic heterocycles. The molecular weight excluding hydrogens is 187 g/mol. The summed E-state index contributed by atoms with van der Waals surface area (Å²) in [6.45, 7) is 6.24. The summed E-state index contributed by atoms with van der Waals surface area (Å²) >= 11 is 0. The smallest absolute Gasteiger partial charge is 0.409 e. The van der Waals surface area contributed by atoms with Crippen molar-refractivity contribution < 1.29 is 5.02 Å². The average Bonchev–Trinajstić information content (AvgIpc) is 2.27. The number of aryl methyl sites for hydroxylation is 1. The summed E-state index contributed by atoms with van der Waals surface area (Å²) in [4.78, 5) is 5.94. The zero-order valence-electron chi connectivity index (χ0n) is 8.98. The van der Waals surface area contributed by atoms with Crippen molar-refractivity contribution in [3.63, 3.8) is 0 Å². The van der Waals surface area contributed by atoms with Crippen molar-refractivity contribution in [2.45, 2.75) is 19.7 Å². The van der Waals surface area contributed by atoms with Crippen molar-refractivity contribution in [1.29, 1.82) is 0 Å². The lowest BCUT2D eigenvalue weighted by molar-refractivity contribution is 0.563. The lowest BCUT2D eigenvalue weighted by Crippen LogP contribution is -2.40. The van der Waals surface area contributed by atoms with E-state index in [9.17, 15) is 5.02 Å². The normalized spacial score (nSPS) is 14.7. The number of benzene rings is 1. The number of aliphatic imine (C=N–C) groups is 1. The zero-order valence-corrected chi connectivity index (χ0v) is 8.98. The minimum Gasteiger partial charge on any atom is -0.432 e. The van der Waals surface area contributed by atoms with Crippen LogP contribution in [-0.4, -0.2) is 25.3 Å². The van der Waals surface area contributed by atoms with Gasteiger partial charge in [-0.2, -0.15) is 0 Å². The molecule has 0 atom stereocenters. The van der Waals surface area contributed by atoms with Crippen LogP contribution in [-0.2, 0) is 6.42 Å². The highest BCUT2D eigenvalue weighted by Crippen LogP contribution is 2.30. The van der Waals surface area contributed by atoms with Gasteiger partial charge < -0.3 is 9.83 Å². The van der Waals surface area contributed by atoms with Gasteiger partial charge in [-0.25, -0.2) is 0 Å². The first-order valence-electron chi connectivity index (χ1n) is 5.27. The summed E-state index contributed by atoms with van der Waals surface area (Å²) in [7, 11) is -0.424. The molecule has 1 aromatic carbocycles. The molecule has 0 radical (unpaired) electrons. The summed E-state index contributed by atoms with van der Waals surface area (Å²) in [5, 5.41) is 9.64. The highest BCUT2D eigenvalue weighted by Gasteiger charge is 2.22. The molecule has 0 fully saturated rings. The lowest BCUT2D eigenvalue weighted by atomic mass is 9.81. The largest absolute Gasteiger partial charge is 0.432 e. The first-order valence-corrected chi connectivity index (χ1v) is 5.27. The van der Waals surface area contributed by atoms with E-state index in [1.54, 1.807) is 6.82 Å². The van der Waals surface area contributed by atoms with Crippen molar-refractivity contribution in [1.82, 2.24) is 0 Å². The van der Waals surface area contributed by atoms with Crippen LogP contribution in [0.15, 0.2) is 23.2 Å². The molecule has 0 aliphatic carbocycles. The van der Waals surface area contributed by atoms with E-state index in [0.29, 0.717) is 0 Å². The van der Waals surface area contributed by atoms with Crippen LogP contribution in [0.5, 0.6) is 0 Å². The van der Waals surface area contributed by atoms with E-state index in [4.69, 9.17) is 0 Å². The van der Waals surface area contributed by atoms with Gasteiger partial charge in [0.05, 0.1) is 5.69 Å². The summed E-state index contributed by atoms with van der Waals surface area (Å²) in [5.74, 6) is 0. The average molecular weight is 202 g/mol. The van der Waals surface area contributed by atoms with Gasteiger partial charge in [0.2, 0.25) is 0 Å². The Bertz CT molecular complexity index is 379. The molecule has 0 amide bonds. The Balaban J connectivity index is 2.40. The van der Waals surface area contributed by atoms with Gasteiger partial charge in [0.1, 0.15) is 0 Å². The Morgan fingerprint density at radius 1 is 1.53 bits per heavy atom. The van der Waals surface area contributed by atoms with E-state index in [0.717, 1.165) is 30.8 Å². The maximum absolute atomic E-state index is 9.64. The molecule has 15 heavy (non-hydrogen) atoms. The third-order valence-electron chi connectivity index (χ3n) is 2.85. The highest BCUT2D eigenvalue weighted by atomic mass is 16.2. The molecule has 0 spiro atoms. The van der Waals surface area contributed by atoms with Gasteiger partial charge in [-0.15, -0.1) is 0 Å². The van der Waals surface area contributed by atoms with E-state index in [1.807, 2.05) is 16.9 Å². The molecular formula is C11H15BN2O. The van der Waals surface area contributed by atoms with Crippen LogP contribution in [0.25, 0.3) is 0 Å². The molecule has 1 heterocycles. The van der Waals surface area contributed by atoms with Gasteiger partial charge in [0.25, 0.3) is 0 Å². The third kappa shape index (κ3) is 1.90. The first-order chi connectivity index (χ1) is 7.22. The van der Waals surface area contributed by atoms with Crippen LogP contribution in [0.4, 0.5) is 11.4 Å². The summed E-state index contributed by atoms with van der Waals surface area (Å²) in [5.41, 5.74) is 3.29. The summed E-state index contributed by atoms with van der Waals surface area (Å²) in [6, 6.07) is 6.01. The van der Waals surface area contributed by atoms with Gasteiger partial charge in [-0.1, -0.05) is 0 Å². The van der Waals surface area contributed by atoms with Crippen LogP contribution in [0.1, 0.15) is 12.0 Å². The first kappa shape index (κ1) is 10.2. The Morgan fingerprint density at radius 3 is 3.00 bits per heavy atom. The molecule has 1 N–H and O–H groups in total. The monoisotopic (exact) mass is 202 g/mol. The van der Waals surface area contributed by atoms with Crippen LogP contribution in [0.3, 0.4) is 0 Å². The third-order valence-corrected chi connectivity index (χ3v) is 2.85. The van der Waals surface area contributed by atoms with Crippen LogP contribution >= 0.6 is 0 Å². The minimum atomic E-state index is -0.424. The molecule has 1 aliphatic heterocycles. The fraction of sp³-hybridized carbons (Fsp3) is 0.364. The number of anilines is 1. The fourth-order valence-corrected chi connectivity index (χ4v) is 2.10. The Hall–Kier alpha value is -1.29. The Kier molecular flexibility index (Phi) is 2.78. The van der Waals surface area contributed by atoms with E-state index in [1.165, 1.54) is 5.56 Å². The molecule has 4 heteroatoms. The summed E-state index contributed by atoms with van der Waals surface area (Å²) < 4.78 is 0. The second-order valence-corrected chi connectivity index (χ2v) is 3.90. The Labute approximate surface area is 90.6 Å². The lowest BCUT2D eigenvalue weighted by Gasteiger charge is -2.32. The maximum Gasteiger partial charge on any atom is 0.409 e. The number of hydrogen-bond acceptors (Lipinski definition) is 3. The molecule has 0 bridgehead atoms. The fourth-order valence-electron chi connectivity index (χ4n) is 2.10. The topological polar surface area (TPSA) is 35.8 Å². The van der Waals surface area contributed by atoms with Crippen molar-refractivity contribution in [2.75, 3.05) is 11.4 Å². The van der Waals surface area contributed by atoms with Crippen molar-refractivity contribution in [2.24, 2.45) is 4.99 Å². The van der Waals surface area contributed by atoms with E-state index in [2.05, 4.69) is 17.8 Å². The molecule has 0 saturated carbocycles. The van der Waals surface area contributed by atoms with Crippen molar-refractivity contribution in [3.05, 3.63) is 23.8 Å². The predicted molar refractivity (Wildman–Crippen MR) is 65.2 cm³/mol. The second kappa shape index (κ2) is 4.07. The molecule has 0 saturated heterocycles. The number of fused-ring (bicyclic) bond motifs is 1. The van der Waals surface area contributed by atoms with Crippen LogP contribution in [0, 0.1) is 0 Å². The highest BCUT2D eigenvalue weighted by molar-refractivity contribution is 6.53. The standard InChI is InChI=1S/C11H15BN2O/c1-12(15)14-7-3-4-9-8-10(13-2)5-6-11(9)14/h5-6,8,15H,2-4,7H2,1H3. The molecule has 1 aromatic rings. The minimum absolute atomic E-state index is 0.424. The van der Waals surface area contributed by atoms with Gasteiger partial charge in [-0.3, -0.25) is 4.99 Å².